The quantitative estimate of drug-likeness (QED) is 0.220. The molecule has 1 aromatic carbocycles. The van der Waals surface area contributed by atoms with Crippen LogP contribution in [0.3, 0.4) is 0 Å². The van der Waals surface area contributed by atoms with Gasteiger partial charge in [-0.2, -0.15) is 0 Å². The fourth-order valence-electron chi connectivity index (χ4n) is 10.9. The van der Waals surface area contributed by atoms with Crippen molar-refractivity contribution < 1.29 is 51.8 Å². The van der Waals surface area contributed by atoms with E-state index in [0.29, 0.717) is 5.57 Å². The third-order valence-corrected chi connectivity index (χ3v) is 24.2. The smallest absolute Gasteiger partial charge is 0.395 e. The molecule has 13 heteroatoms. The van der Waals surface area contributed by atoms with Crippen LogP contribution >= 0.6 is 0 Å². The first-order valence-electron chi connectivity index (χ1n) is 19.8. The first kappa shape index (κ1) is 41.2. The van der Waals surface area contributed by atoms with Gasteiger partial charge in [-0.3, -0.25) is 9.59 Å². The van der Waals surface area contributed by atoms with Gasteiger partial charge in [-0.15, -0.1) is 0 Å². The van der Waals surface area contributed by atoms with Gasteiger partial charge in [0.2, 0.25) is 5.78 Å². The highest BCUT2D eigenvalue weighted by molar-refractivity contribution is 6.84. The van der Waals surface area contributed by atoms with Crippen LogP contribution in [0.25, 0.3) is 0 Å². The molecule has 3 aliphatic carbocycles. The Bertz CT molecular complexity index is 1670. The molecule has 0 radical (unpaired) electrons. The molecule has 9 atom stereocenters. The fraction of sp³-hybridized carbons (Fsp3) is 0.732. The summed E-state index contributed by atoms with van der Waals surface area (Å²) < 4.78 is 42.0. The molecule has 2 saturated heterocycles. The molecule has 2 unspecified atom stereocenters. The van der Waals surface area contributed by atoms with Crippen molar-refractivity contribution in [2.24, 2.45) is 22.7 Å². The van der Waals surface area contributed by atoms with Gasteiger partial charge in [0, 0.05) is 42.2 Å². The highest BCUT2D eigenvalue weighted by atomic mass is 28.5. The molecule has 2 heterocycles. The zero-order valence-corrected chi connectivity index (χ0v) is 36.4. The Kier molecular flexibility index (Phi) is 10.4. The summed E-state index contributed by atoms with van der Waals surface area (Å²) in [5, 5.41) is 25.6. The van der Waals surface area contributed by atoms with Crippen LogP contribution in [0.4, 0.5) is 0 Å². The van der Waals surface area contributed by atoms with E-state index in [0.717, 1.165) is 0 Å². The van der Waals surface area contributed by atoms with E-state index >= 15 is 4.79 Å². The average Bonchev–Trinajstić information content (AvgIpc) is 3.11. The molecular formula is C41H62O11Si2. The lowest BCUT2D eigenvalue weighted by Crippen LogP contribution is -2.81. The zero-order chi connectivity index (χ0) is 40.1. The van der Waals surface area contributed by atoms with Gasteiger partial charge in [0.25, 0.3) is 0 Å². The maximum absolute atomic E-state index is 16.3. The number of aliphatic hydroxyl groups excluding tert-OH is 1. The number of benzene rings is 1. The molecule has 54 heavy (non-hydrogen) atoms. The van der Waals surface area contributed by atoms with Crippen LogP contribution in [0.5, 0.6) is 0 Å². The van der Waals surface area contributed by atoms with Crippen LogP contribution in [0.2, 0.25) is 22.2 Å². The second-order valence-electron chi connectivity index (χ2n) is 18.6. The van der Waals surface area contributed by atoms with E-state index in [9.17, 15) is 19.8 Å². The summed E-state index contributed by atoms with van der Waals surface area (Å²) in [5.74, 6) is -3.48. The van der Waals surface area contributed by atoms with Crippen LogP contribution in [-0.4, -0.2) is 87.3 Å². The molecule has 4 fully saturated rings. The Morgan fingerprint density at radius 3 is 1.98 bits per heavy atom. The van der Waals surface area contributed by atoms with Gasteiger partial charge < -0.3 is 37.4 Å². The Balaban J connectivity index is 1.79. The molecule has 2 saturated carbocycles. The van der Waals surface area contributed by atoms with Gasteiger partial charge in [-0.05, 0) is 35.7 Å². The number of fused-ring (bicyclic) bond motifs is 5. The lowest BCUT2D eigenvalue weighted by Gasteiger charge is -2.67. The summed E-state index contributed by atoms with van der Waals surface area (Å²) in [6, 6.07) is 8.46. The lowest BCUT2D eigenvalue weighted by molar-refractivity contribution is -0.344. The summed E-state index contributed by atoms with van der Waals surface area (Å²) in [5.41, 5.74) is -6.20. The van der Waals surface area contributed by atoms with E-state index in [1.54, 1.807) is 37.3 Å². The third-order valence-electron chi connectivity index (χ3n) is 14.0. The summed E-state index contributed by atoms with van der Waals surface area (Å²) in [7, 11) is -6.90. The van der Waals surface area contributed by atoms with E-state index in [4.69, 9.17) is 27.2 Å². The topological polar surface area (TPSA) is 147 Å². The minimum Gasteiger partial charge on any atom is -0.517 e. The average molecular weight is 787 g/mol. The Morgan fingerprint density at radius 2 is 1.48 bits per heavy atom. The number of ketones is 1. The summed E-state index contributed by atoms with van der Waals surface area (Å²) in [6.07, 6.45) is -4.29. The predicted molar refractivity (Wildman–Crippen MR) is 206 cm³/mol. The van der Waals surface area contributed by atoms with Crippen LogP contribution in [0, 0.1) is 22.7 Å². The molecule has 11 nitrogen and oxygen atoms in total. The predicted octanol–water partition coefficient (Wildman–Crippen LogP) is 6.89. The largest absolute Gasteiger partial charge is 0.517 e. The highest BCUT2D eigenvalue weighted by Gasteiger charge is 2.79. The minimum atomic E-state index is -3.50. The normalized spacial score (nSPS) is 37.9. The number of rotatable bonds is 7. The van der Waals surface area contributed by atoms with Gasteiger partial charge in [-0.25, -0.2) is 4.79 Å². The number of Topliss-reactive ketones (excluding diaryl/α,β-unsaturated/α-hetero) is 1. The number of carbonyl (C=O) groups is 3. The molecule has 0 amide bonds. The van der Waals surface area contributed by atoms with E-state index in [-0.39, 0.29) is 52.9 Å². The van der Waals surface area contributed by atoms with Crippen molar-refractivity contribution in [3.05, 3.63) is 47.2 Å². The molecule has 2 aliphatic heterocycles. The second kappa shape index (κ2) is 13.6. The molecule has 0 spiro atoms. The molecule has 4 bridgehead atoms. The molecular weight excluding hydrogens is 725 g/mol. The molecule has 2 N–H and O–H groups in total. The number of hydrogen-bond donors (Lipinski definition) is 2. The van der Waals surface area contributed by atoms with Crippen molar-refractivity contribution in [1.29, 1.82) is 0 Å². The van der Waals surface area contributed by atoms with Crippen molar-refractivity contribution in [2.45, 2.75) is 161 Å². The number of ether oxygens (including phenoxy) is 3. The number of carbonyl (C=O) groups excluding carboxylic acids is 3. The summed E-state index contributed by atoms with van der Waals surface area (Å²) >= 11 is 0. The fourth-order valence-corrected chi connectivity index (χ4v) is 22.0. The van der Waals surface area contributed by atoms with Crippen LogP contribution in [0.1, 0.15) is 113 Å². The first-order chi connectivity index (χ1) is 25.0. The minimum absolute atomic E-state index is 0.0710. The third kappa shape index (κ3) is 5.60. The van der Waals surface area contributed by atoms with Crippen molar-refractivity contribution in [2.75, 3.05) is 6.61 Å². The first-order valence-corrected chi connectivity index (χ1v) is 23.8. The monoisotopic (exact) mass is 786 g/mol. The van der Waals surface area contributed by atoms with Crippen molar-refractivity contribution in [1.82, 2.24) is 0 Å². The van der Waals surface area contributed by atoms with E-state index in [1.165, 1.54) is 6.92 Å². The SMILES string of the molecule is CC(=O)O[C@@]12CO[C@@H]1C[C@@H]1O[Si](C(C)C)(C(C)C)O[Si](C(C)C)(C(C)C)OC3=C4C(C)[C@@H](O)C[C@@](O)([C@@H](OC(=O)c5ccccc5)C2[C@]1(C)C3=O)C4(C)C. The second-order valence-corrected chi connectivity index (χ2v) is 27.4. The summed E-state index contributed by atoms with van der Waals surface area (Å²) in [4.78, 5) is 43.8. The lowest BCUT2D eigenvalue weighted by atomic mass is 9.45. The zero-order valence-electron chi connectivity index (χ0n) is 34.4. The van der Waals surface area contributed by atoms with Crippen molar-refractivity contribution >= 4 is 34.8 Å². The Labute approximate surface area is 322 Å². The van der Waals surface area contributed by atoms with Gasteiger partial charge in [0.15, 0.2) is 5.60 Å². The van der Waals surface area contributed by atoms with Crippen molar-refractivity contribution in [3.63, 3.8) is 0 Å². The van der Waals surface area contributed by atoms with Gasteiger partial charge in [0.1, 0.15) is 23.6 Å². The van der Waals surface area contributed by atoms with Gasteiger partial charge in [-0.1, -0.05) is 94.4 Å². The maximum atomic E-state index is 16.3. The molecule has 1 aromatic rings. The number of hydrogen-bond acceptors (Lipinski definition) is 11. The molecule has 0 aromatic heterocycles. The standard InChI is InChI=1S/C41H62O11Si2/c1-22(2)53(23(3)4)50-30-19-31-40(21-47-31,49-27(10)42)34-36(48-37(45)28-17-15-14-16-18-28)41(46)20-29(43)26(9)32(38(41,11)12)33(35(44)39(30,34)13)51-54(52-53,24(5)6)25(7)8/h14-18,22-26,29-31,34,36,43,46H,19-21H2,1-13H3/t26?,29-,30-,31+,34?,36-,39+,40-,41+/m0/s1. The number of allylic oxidation sites excluding steroid dienone is 1. The summed E-state index contributed by atoms with van der Waals surface area (Å²) in [6.45, 7) is 25.2. The van der Waals surface area contributed by atoms with Crippen LogP contribution < -0.4 is 0 Å². The van der Waals surface area contributed by atoms with Crippen molar-refractivity contribution in [3.8, 4) is 0 Å². The Hall–Kier alpha value is -2.40. The number of aliphatic hydroxyl groups is 2. The van der Waals surface area contributed by atoms with Gasteiger partial charge >= 0.3 is 29.1 Å². The highest BCUT2D eigenvalue weighted by Crippen LogP contribution is 2.66. The van der Waals surface area contributed by atoms with E-state index < -0.39 is 93.1 Å². The van der Waals surface area contributed by atoms with Crippen LogP contribution in [-0.2, 0) is 36.8 Å². The van der Waals surface area contributed by atoms with Gasteiger partial charge in [0.05, 0.1) is 35.7 Å². The molecule has 5 aliphatic rings. The Morgan fingerprint density at radius 1 is 0.907 bits per heavy atom. The molecule has 300 valence electrons. The maximum Gasteiger partial charge on any atom is 0.395 e. The number of esters is 2. The van der Waals surface area contributed by atoms with E-state index in [1.807, 2.05) is 20.8 Å². The van der Waals surface area contributed by atoms with E-state index in [2.05, 4.69) is 55.4 Å². The van der Waals surface area contributed by atoms with Crippen LogP contribution in [0.15, 0.2) is 41.7 Å². The molecule has 6 rings (SSSR count).